The lowest BCUT2D eigenvalue weighted by Gasteiger charge is -2.08. The van der Waals surface area contributed by atoms with Gasteiger partial charge in [-0.3, -0.25) is 19.9 Å². The second kappa shape index (κ2) is 7.58. The Morgan fingerprint density at radius 2 is 1.89 bits per heavy atom. The van der Waals surface area contributed by atoms with Crippen LogP contribution in [0.3, 0.4) is 0 Å². The highest BCUT2D eigenvalue weighted by Gasteiger charge is 2.19. The van der Waals surface area contributed by atoms with Crippen LogP contribution in [0.1, 0.15) is 31.4 Å². The van der Waals surface area contributed by atoms with Gasteiger partial charge in [-0.15, -0.1) is 0 Å². The third kappa shape index (κ3) is 3.98. The summed E-state index contributed by atoms with van der Waals surface area (Å²) in [5.41, 5.74) is 2.24. The number of pyridine rings is 1. The highest BCUT2D eigenvalue weighted by Crippen LogP contribution is 2.24. The lowest BCUT2D eigenvalue weighted by Crippen LogP contribution is -2.21. The van der Waals surface area contributed by atoms with Crippen molar-refractivity contribution in [3.63, 3.8) is 0 Å². The summed E-state index contributed by atoms with van der Waals surface area (Å²) in [7, 11) is 3.34. The summed E-state index contributed by atoms with van der Waals surface area (Å²) in [6.07, 6.45) is 4.81. The highest BCUT2D eigenvalue weighted by atomic mass is 32.1. The van der Waals surface area contributed by atoms with Gasteiger partial charge in [0.1, 0.15) is 4.88 Å². The number of carbonyl (C=O) groups is 2. The molecule has 3 rings (SSSR count). The molecule has 2 amide bonds. The van der Waals surface area contributed by atoms with Crippen LogP contribution in [-0.4, -0.2) is 50.7 Å². The molecular formula is C18H18N6O2S. The van der Waals surface area contributed by atoms with E-state index in [2.05, 4.69) is 25.3 Å². The maximum Gasteiger partial charge on any atom is 0.265 e. The molecule has 0 aliphatic carbocycles. The van der Waals surface area contributed by atoms with Crippen molar-refractivity contribution in [1.29, 1.82) is 0 Å². The summed E-state index contributed by atoms with van der Waals surface area (Å²) in [5.74, 6) is -0.0187. The van der Waals surface area contributed by atoms with E-state index in [1.807, 2.05) is 6.07 Å². The average Bonchev–Trinajstić information content (AvgIpc) is 3.01. The van der Waals surface area contributed by atoms with E-state index in [0.29, 0.717) is 32.8 Å². The summed E-state index contributed by atoms with van der Waals surface area (Å²) in [5, 5.41) is 3.08. The molecule has 8 nitrogen and oxygen atoms in total. The third-order valence-electron chi connectivity index (χ3n) is 3.76. The molecule has 0 aromatic carbocycles. The Kier molecular flexibility index (Phi) is 5.22. The number of hydrogen-bond donors (Lipinski definition) is 1. The Labute approximate surface area is 160 Å². The van der Waals surface area contributed by atoms with Crippen LogP contribution in [0.25, 0.3) is 11.4 Å². The van der Waals surface area contributed by atoms with Crippen LogP contribution in [0.5, 0.6) is 0 Å². The number of thiazole rings is 1. The van der Waals surface area contributed by atoms with Crippen LogP contribution in [0, 0.1) is 13.8 Å². The number of hydrogen-bond acceptors (Lipinski definition) is 7. The van der Waals surface area contributed by atoms with Crippen LogP contribution >= 0.6 is 11.3 Å². The standard InChI is InChI=1S/C18H18N6O2S/c1-10-13(9-20-15(21-10)12-6-5-7-19-8-12)16(25)23-18-22-11(2)14(27-18)17(26)24(3)4/h5-9H,1-4H3,(H,22,23,25). The molecule has 3 aromatic heterocycles. The minimum absolute atomic E-state index is 0.147. The summed E-state index contributed by atoms with van der Waals surface area (Å²) in [4.78, 5) is 43.6. The van der Waals surface area contributed by atoms with E-state index in [4.69, 9.17) is 0 Å². The van der Waals surface area contributed by atoms with Crippen molar-refractivity contribution >= 4 is 28.3 Å². The SMILES string of the molecule is Cc1nc(-c2cccnc2)ncc1C(=O)Nc1nc(C)c(C(=O)N(C)C)s1. The van der Waals surface area contributed by atoms with Gasteiger partial charge >= 0.3 is 0 Å². The van der Waals surface area contributed by atoms with Crippen LogP contribution in [-0.2, 0) is 0 Å². The summed E-state index contributed by atoms with van der Waals surface area (Å²) in [6.45, 7) is 3.48. The molecule has 0 saturated carbocycles. The highest BCUT2D eigenvalue weighted by molar-refractivity contribution is 7.17. The number of nitrogens with one attached hydrogen (secondary N) is 1. The molecule has 0 bridgehead atoms. The predicted octanol–water partition coefficient (Wildman–Crippen LogP) is 2.57. The van der Waals surface area contributed by atoms with Gasteiger partial charge in [-0.05, 0) is 26.0 Å². The minimum atomic E-state index is -0.372. The second-order valence-corrected chi connectivity index (χ2v) is 7.02. The number of aromatic nitrogens is 4. The molecule has 27 heavy (non-hydrogen) atoms. The molecule has 138 valence electrons. The van der Waals surface area contributed by atoms with Gasteiger partial charge in [0.05, 0.1) is 17.0 Å². The van der Waals surface area contributed by atoms with Crippen molar-refractivity contribution in [1.82, 2.24) is 24.8 Å². The molecule has 0 aliphatic rings. The Hall–Kier alpha value is -3.20. The molecule has 9 heteroatoms. The lowest BCUT2D eigenvalue weighted by atomic mass is 10.2. The molecule has 0 radical (unpaired) electrons. The normalized spacial score (nSPS) is 10.5. The largest absolute Gasteiger partial charge is 0.344 e. The molecule has 0 atom stereocenters. The molecule has 0 spiro atoms. The smallest absolute Gasteiger partial charge is 0.265 e. The van der Waals surface area contributed by atoms with E-state index in [9.17, 15) is 9.59 Å². The van der Waals surface area contributed by atoms with Crippen molar-refractivity contribution in [3.8, 4) is 11.4 Å². The quantitative estimate of drug-likeness (QED) is 0.744. The Balaban J connectivity index is 1.81. The number of aryl methyl sites for hydroxylation is 2. The van der Waals surface area contributed by atoms with Gasteiger partial charge < -0.3 is 4.90 Å². The fourth-order valence-corrected chi connectivity index (χ4v) is 3.32. The van der Waals surface area contributed by atoms with Crippen LogP contribution in [0.2, 0.25) is 0 Å². The summed E-state index contributed by atoms with van der Waals surface area (Å²) in [6, 6.07) is 3.65. The molecule has 0 fully saturated rings. The van der Waals surface area contributed by atoms with E-state index in [1.54, 1.807) is 46.4 Å². The van der Waals surface area contributed by atoms with E-state index < -0.39 is 0 Å². The maximum atomic E-state index is 12.6. The van der Waals surface area contributed by atoms with E-state index in [-0.39, 0.29) is 11.8 Å². The minimum Gasteiger partial charge on any atom is -0.344 e. The van der Waals surface area contributed by atoms with Gasteiger partial charge in [0.15, 0.2) is 11.0 Å². The molecule has 0 aliphatic heterocycles. The predicted molar refractivity (Wildman–Crippen MR) is 103 cm³/mol. The van der Waals surface area contributed by atoms with Crippen LogP contribution < -0.4 is 5.32 Å². The first-order chi connectivity index (χ1) is 12.9. The Morgan fingerprint density at radius 3 is 2.52 bits per heavy atom. The van der Waals surface area contributed by atoms with Crippen LogP contribution in [0.4, 0.5) is 5.13 Å². The van der Waals surface area contributed by atoms with Gasteiger partial charge in [-0.25, -0.2) is 15.0 Å². The van der Waals surface area contributed by atoms with Crippen molar-refractivity contribution < 1.29 is 9.59 Å². The van der Waals surface area contributed by atoms with Crippen LogP contribution in [0.15, 0.2) is 30.7 Å². The molecule has 3 heterocycles. The number of nitrogens with zero attached hydrogens (tertiary/aromatic N) is 5. The zero-order chi connectivity index (χ0) is 19.6. The Bertz CT molecular complexity index is 1000. The molecule has 0 saturated heterocycles. The summed E-state index contributed by atoms with van der Waals surface area (Å²) >= 11 is 1.14. The monoisotopic (exact) mass is 382 g/mol. The zero-order valence-corrected chi connectivity index (χ0v) is 16.2. The van der Waals surface area contributed by atoms with E-state index >= 15 is 0 Å². The first-order valence-electron chi connectivity index (χ1n) is 8.11. The van der Waals surface area contributed by atoms with E-state index in [0.717, 1.165) is 16.9 Å². The number of amides is 2. The first-order valence-corrected chi connectivity index (χ1v) is 8.93. The molecular weight excluding hydrogens is 364 g/mol. The Morgan fingerprint density at radius 1 is 1.11 bits per heavy atom. The van der Waals surface area contributed by atoms with Gasteiger partial charge in [-0.2, -0.15) is 0 Å². The van der Waals surface area contributed by atoms with Crippen molar-refractivity contribution in [3.05, 3.63) is 52.6 Å². The number of rotatable bonds is 4. The lowest BCUT2D eigenvalue weighted by molar-refractivity contribution is 0.0831. The summed E-state index contributed by atoms with van der Waals surface area (Å²) < 4.78 is 0. The maximum absolute atomic E-state index is 12.6. The van der Waals surface area contributed by atoms with Gasteiger partial charge in [0.2, 0.25) is 0 Å². The zero-order valence-electron chi connectivity index (χ0n) is 15.3. The van der Waals surface area contributed by atoms with Crippen molar-refractivity contribution in [2.75, 3.05) is 19.4 Å². The average molecular weight is 382 g/mol. The van der Waals surface area contributed by atoms with Gasteiger partial charge in [-0.1, -0.05) is 11.3 Å². The first kappa shape index (κ1) is 18.6. The van der Waals surface area contributed by atoms with Crippen molar-refractivity contribution in [2.45, 2.75) is 13.8 Å². The fourth-order valence-electron chi connectivity index (χ4n) is 2.34. The fraction of sp³-hybridized carbons (Fsp3) is 0.222. The third-order valence-corrected chi connectivity index (χ3v) is 4.82. The van der Waals surface area contributed by atoms with Crippen molar-refractivity contribution in [2.24, 2.45) is 0 Å². The molecule has 0 unspecified atom stereocenters. The van der Waals surface area contributed by atoms with Gasteiger partial charge in [0.25, 0.3) is 11.8 Å². The van der Waals surface area contributed by atoms with Gasteiger partial charge in [0, 0.05) is 38.2 Å². The molecule has 1 N–H and O–H groups in total. The second-order valence-electron chi connectivity index (χ2n) is 6.02. The topological polar surface area (TPSA) is 101 Å². The molecule has 3 aromatic rings. The number of carbonyl (C=O) groups excluding carboxylic acids is 2. The van der Waals surface area contributed by atoms with E-state index in [1.165, 1.54) is 11.1 Å². The number of anilines is 1.